The summed E-state index contributed by atoms with van der Waals surface area (Å²) < 4.78 is 5.49. The summed E-state index contributed by atoms with van der Waals surface area (Å²) in [5, 5.41) is 4.67. The van der Waals surface area contributed by atoms with Crippen LogP contribution in [0.3, 0.4) is 0 Å². The SMILES string of the molecule is Cc1ccc(N(c2ccc(C)cc2)N2CCOCC2)cc1. The third-order valence-corrected chi connectivity index (χ3v) is 3.83. The molecule has 0 spiro atoms. The average Bonchev–Trinajstić information content (AvgIpc) is 2.52. The fourth-order valence-corrected chi connectivity index (χ4v) is 2.60. The molecule has 3 nitrogen and oxygen atoms in total. The molecule has 1 aliphatic heterocycles. The minimum Gasteiger partial charge on any atom is -0.379 e. The molecule has 0 atom stereocenters. The number of rotatable bonds is 3. The Morgan fingerprint density at radius 2 is 1.19 bits per heavy atom. The van der Waals surface area contributed by atoms with Gasteiger partial charge >= 0.3 is 0 Å². The van der Waals surface area contributed by atoms with E-state index in [0.29, 0.717) is 0 Å². The summed E-state index contributed by atoms with van der Waals surface area (Å²) in [7, 11) is 0. The lowest BCUT2D eigenvalue weighted by Crippen LogP contribution is -2.46. The van der Waals surface area contributed by atoms with Gasteiger partial charge in [-0.15, -0.1) is 0 Å². The van der Waals surface area contributed by atoms with Gasteiger partial charge in [-0.2, -0.15) is 0 Å². The van der Waals surface area contributed by atoms with Crippen molar-refractivity contribution in [1.82, 2.24) is 5.01 Å². The molecule has 1 heterocycles. The fourth-order valence-electron chi connectivity index (χ4n) is 2.60. The highest BCUT2D eigenvalue weighted by atomic mass is 16.5. The first-order valence-electron chi connectivity index (χ1n) is 7.50. The Labute approximate surface area is 126 Å². The molecule has 0 aromatic heterocycles. The lowest BCUT2D eigenvalue weighted by molar-refractivity contribution is 0.0378. The summed E-state index contributed by atoms with van der Waals surface area (Å²) in [6.07, 6.45) is 0. The van der Waals surface area contributed by atoms with Gasteiger partial charge in [0, 0.05) is 13.1 Å². The molecule has 0 amide bonds. The van der Waals surface area contributed by atoms with Gasteiger partial charge in [-0.3, -0.25) is 5.01 Å². The molecule has 2 aromatic carbocycles. The second kappa shape index (κ2) is 6.29. The van der Waals surface area contributed by atoms with Crippen LogP contribution in [0.1, 0.15) is 11.1 Å². The molecular formula is C18H22N2O. The number of benzene rings is 2. The first-order valence-corrected chi connectivity index (χ1v) is 7.50. The average molecular weight is 282 g/mol. The van der Waals surface area contributed by atoms with E-state index < -0.39 is 0 Å². The lowest BCUT2D eigenvalue weighted by Gasteiger charge is -2.39. The zero-order chi connectivity index (χ0) is 14.7. The van der Waals surface area contributed by atoms with Gasteiger partial charge in [0.15, 0.2) is 0 Å². The Morgan fingerprint density at radius 3 is 1.62 bits per heavy atom. The number of hydrogen-bond acceptors (Lipinski definition) is 3. The zero-order valence-electron chi connectivity index (χ0n) is 12.7. The summed E-state index contributed by atoms with van der Waals surface area (Å²) in [5.74, 6) is 0. The molecule has 1 saturated heterocycles. The highest BCUT2D eigenvalue weighted by Gasteiger charge is 2.20. The van der Waals surface area contributed by atoms with Crippen LogP contribution in [0.15, 0.2) is 48.5 Å². The molecule has 0 aliphatic carbocycles. The van der Waals surface area contributed by atoms with E-state index in [9.17, 15) is 0 Å². The Balaban J connectivity index is 1.97. The van der Waals surface area contributed by atoms with Crippen LogP contribution < -0.4 is 5.01 Å². The third-order valence-electron chi connectivity index (χ3n) is 3.83. The van der Waals surface area contributed by atoms with Crippen molar-refractivity contribution in [2.75, 3.05) is 31.3 Å². The van der Waals surface area contributed by atoms with Crippen molar-refractivity contribution in [3.63, 3.8) is 0 Å². The molecule has 110 valence electrons. The molecule has 0 N–H and O–H groups in total. The van der Waals surface area contributed by atoms with Crippen molar-refractivity contribution in [2.24, 2.45) is 0 Å². The van der Waals surface area contributed by atoms with Gasteiger partial charge in [0.25, 0.3) is 0 Å². The molecule has 0 saturated carbocycles. The van der Waals surface area contributed by atoms with Crippen molar-refractivity contribution in [3.8, 4) is 0 Å². The van der Waals surface area contributed by atoms with E-state index >= 15 is 0 Å². The van der Waals surface area contributed by atoms with Crippen LogP contribution >= 0.6 is 0 Å². The van der Waals surface area contributed by atoms with Crippen LogP contribution in [-0.2, 0) is 4.74 Å². The summed E-state index contributed by atoms with van der Waals surface area (Å²) in [6.45, 7) is 7.65. The standard InChI is InChI=1S/C18H22N2O/c1-15-3-7-17(8-4-15)20(19-11-13-21-14-12-19)18-9-5-16(2)6-10-18/h3-10H,11-14H2,1-2H3. The Morgan fingerprint density at radius 1 is 0.762 bits per heavy atom. The predicted molar refractivity (Wildman–Crippen MR) is 86.9 cm³/mol. The van der Waals surface area contributed by atoms with E-state index in [1.54, 1.807) is 0 Å². The maximum absolute atomic E-state index is 5.49. The number of aryl methyl sites for hydroxylation is 2. The van der Waals surface area contributed by atoms with Crippen LogP contribution in [0.5, 0.6) is 0 Å². The second-order valence-electron chi connectivity index (χ2n) is 5.55. The topological polar surface area (TPSA) is 15.7 Å². The first kappa shape index (κ1) is 14.1. The van der Waals surface area contributed by atoms with Crippen molar-refractivity contribution in [1.29, 1.82) is 0 Å². The summed E-state index contributed by atoms with van der Waals surface area (Å²) in [6, 6.07) is 17.4. The summed E-state index contributed by atoms with van der Waals surface area (Å²) >= 11 is 0. The molecule has 21 heavy (non-hydrogen) atoms. The first-order chi connectivity index (χ1) is 10.2. The van der Waals surface area contributed by atoms with E-state index in [-0.39, 0.29) is 0 Å². The minimum absolute atomic E-state index is 0.786. The number of hydrogen-bond donors (Lipinski definition) is 0. The normalized spacial score (nSPS) is 15.9. The van der Waals surface area contributed by atoms with Crippen molar-refractivity contribution < 1.29 is 4.74 Å². The van der Waals surface area contributed by atoms with Crippen LogP contribution in [0.2, 0.25) is 0 Å². The summed E-state index contributed by atoms with van der Waals surface area (Å²) in [4.78, 5) is 0. The second-order valence-corrected chi connectivity index (χ2v) is 5.55. The molecule has 1 aliphatic rings. The van der Waals surface area contributed by atoms with Crippen molar-refractivity contribution >= 4 is 11.4 Å². The number of anilines is 2. The Kier molecular flexibility index (Phi) is 4.23. The molecule has 0 radical (unpaired) electrons. The Hall–Kier alpha value is -1.84. The van der Waals surface area contributed by atoms with E-state index in [0.717, 1.165) is 26.3 Å². The molecular weight excluding hydrogens is 260 g/mol. The van der Waals surface area contributed by atoms with Crippen LogP contribution in [0, 0.1) is 13.8 Å². The molecule has 3 rings (SSSR count). The van der Waals surface area contributed by atoms with Gasteiger partial charge in [-0.1, -0.05) is 35.4 Å². The quantitative estimate of drug-likeness (QED) is 0.854. The molecule has 2 aromatic rings. The van der Waals surface area contributed by atoms with Gasteiger partial charge in [0.05, 0.1) is 24.6 Å². The third kappa shape index (κ3) is 3.26. The van der Waals surface area contributed by atoms with Gasteiger partial charge < -0.3 is 4.74 Å². The highest BCUT2D eigenvalue weighted by Crippen LogP contribution is 2.28. The largest absolute Gasteiger partial charge is 0.379 e. The fraction of sp³-hybridized carbons (Fsp3) is 0.333. The maximum Gasteiger partial charge on any atom is 0.0612 e. The smallest absolute Gasteiger partial charge is 0.0612 e. The maximum atomic E-state index is 5.49. The van der Waals surface area contributed by atoms with Gasteiger partial charge in [-0.05, 0) is 38.1 Å². The number of morpholine rings is 1. The minimum atomic E-state index is 0.786. The molecule has 0 bridgehead atoms. The van der Waals surface area contributed by atoms with Crippen LogP contribution in [0.25, 0.3) is 0 Å². The number of ether oxygens (including phenoxy) is 1. The van der Waals surface area contributed by atoms with E-state index in [2.05, 4.69) is 72.4 Å². The lowest BCUT2D eigenvalue weighted by atomic mass is 10.2. The summed E-state index contributed by atoms with van der Waals surface area (Å²) in [5.41, 5.74) is 4.96. The number of nitrogens with zero attached hydrogens (tertiary/aromatic N) is 2. The monoisotopic (exact) mass is 282 g/mol. The predicted octanol–water partition coefficient (Wildman–Crippen LogP) is 3.69. The number of hydrazine groups is 1. The van der Waals surface area contributed by atoms with Gasteiger partial charge in [0.1, 0.15) is 0 Å². The van der Waals surface area contributed by atoms with Gasteiger partial charge in [0.2, 0.25) is 0 Å². The molecule has 1 fully saturated rings. The Bertz CT molecular complexity index is 526. The molecule has 0 unspecified atom stereocenters. The van der Waals surface area contributed by atoms with E-state index in [1.807, 2.05) is 0 Å². The van der Waals surface area contributed by atoms with Crippen molar-refractivity contribution in [3.05, 3.63) is 59.7 Å². The van der Waals surface area contributed by atoms with E-state index in [1.165, 1.54) is 22.5 Å². The molecule has 3 heteroatoms. The van der Waals surface area contributed by atoms with E-state index in [4.69, 9.17) is 4.74 Å². The zero-order valence-corrected chi connectivity index (χ0v) is 12.7. The highest BCUT2D eigenvalue weighted by molar-refractivity contribution is 5.62. The van der Waals surface area contributed by atoms with Crippen LogP contribution in [0.4, 0.5) is 11.4 Å². The van der Waals surface area contributed by atoms with Crippen LogP contribution in [-0.4, -0.2) is 31.3 Å². The van der Waals surface area contributed by atoms with Gasteiger partial charge in [-0.25, -0.2) is 5.01 Å². The van der Waals surface area contributed by atoms with Crippen molar-refractivity contribution in [2.45, 2.75) is 13.8 Å².